The largest absolute Gasteiger partial charge is 0.507 e. The number of aryl methyl sites for hydroxylation is 1. The number of hydrogen-bond acceptors (Lipinski definition) is 6. The number of pyridine rings is 1. The minimum absolute atomic E-state index is 0.0724. The summed E-state index contributed by atoms with van der Waals surface area (Å²) in [5.41, 5.74) is 8.51. The van der Waals surface area contributed by atoms with Crippen LogP contribution in [0.2, 0.25) is 0 Å². The summed E-state index contributed by atoms with van der Waals surface area (Å²) >= 11 is 3.45. The summed E-state index contributed by atoms with van der Waals surface area (Å²) in [5, 5.41) is 28.0. The summed E-state index contributed by atoms with van der Waals surface area (Å²) < 4.78 is 2.68. The average molecular weight is 423 g/mol. The second-order valence-electron chi connectivity index (χ2n) is 6.63. The first-order valence-corrected chi connectivity index (χ1v) is 9.32. The number of hydrogen-bond donors (Lipinski definition) is 2. The average Bonchev–Trinajstić information content (AvgIpc) is 3.32. The molecule has 0 aliphatic carbocycles. The lowest BCUT2D eigenvalue weighted by molar-refractivity contribution is 0.474. The van der Waals surface area contributed by atoms with Crippen LogP contribution in [0.25, 0.3) is 16.6 Å². The summed E-state index contributed by atoms with van der Waals surface area (Å²) in [7, 11) is 0. The number of tetrazole rings is 1. The van der Waals surface area contributed by atoms with E-state index in [9.17, 15) is 5.11 Å². The Balaban J connectivity index is 1.59. The third-order valence-corrected chi connectivity index (χ3v) is 5.41. The molecule has 0 saturated heterocycles. The van der Waals surface area contributed by atoms with Gasteiger partial charge in [0.2, 0.25) is 0 Å². The van der Waals surface area contributed by atoms with E-state index in [1.54, 1.807) is 16.6 Å². The molecule has 2 N–H and O–H groups in total. The van der Waals surface area contributed by atoms with Crippen LogP contribution in [0.3, 0.4) is 0 Å². The number of rotatable bonds is 2. The van der Waals surface area contributed by atoms with Gasteiger partial charge in [-0.2, -0.15) is 9.62 Å². The van der Waals surface area contributed by atoms with Crippen molar-refractivity contribution in [2.24, 2.45) is 5.10 Å². The number of fused-ring (bicyclic) bond motifs is 3. The first kappa shape index (κ1) is 16.2. The molecular weight excluding hydrogens is 408 g/mol. The van der Waals surface area contributed by atoms with E-state index < -0.39 is 0 Å². The standard InChI is InChI=1S/C19H15BrN6O/c1-10-3-2-4-11-7-14(19-23-24-25-26(19)18(10)11)16-9-15(21-22-16)13-8-12(20)5-6-17(13)27/h2-8,16,22,27H,9H2,1H3. The van der Waals surface area contributed by atoms with Crippen LogP contribution in [0.1, 0.15) is 29.2 Å². The predicted molar refractivity (Wildman–Crippen MR) is 106 cm³/mol. The normalized spacial score (nSPS) is 16.7. The monoisotopic (exact) mass is 422 g/mol. The van der Waals surface area contributed by atoms with Gasteiger partial charge in [-0.1, -0.05) is 34.1 Å². The Morgan fingerprint density at radius 3 is 3.00 bits per heavy atom. The first-order valence-electron chi connectivity index (χ1n) is 8.53. The molecule has 1 aliphatic rings. The van der Waals surface area contributed by atoms with E-state index in [0.717, 1.165) is 32.2 Å². The van der Waals surface area contributed by atoms with Crippen LogP contribution in [0.5, 0.6) is 5.75 Å². The number of hydrazone groups is 1. The smallest absolute Gasteiger partial charge is 0.185 e. The maximum Gasteiger partial charge on any atom is 0.185 e. The number of phenols is 1. The van der Waals surface area contributed by atoms with Gasteiger partial charge in [0, 0.05) is 27.4 Å². The lowest BCUT2D eigenvalue weighted by atomic mass is 9.97. The molecule has 5 rings (SSSR count). The van der Waals surface area contributed by atoms with Gasteiger partial charge in [-0.05, 0) is 47.2 Å². The molecule has 2 aromatic carbocycles. The van der Waals surface area contributed by atoms with Crippen LogP contribution in [0.15, 0.2) is 52.0 Å². The molecule has 2 aromatic heterocycles. The molecule has 3 heterocycles. The van der Waals surface area contributed by atoms with E-state index in [1.807, 2.05) is 25.1 Å². The molecule has 1 unspecified atom stereocenters. The third kappa shape index (κ3) is 2.56. The van der Waals surface area contributed by atoms with Crippen LogP contribution in [-0.4, -0.2) is 30.9 Å². The van der Waals surface area contributed by atoms with E-state index in [2.05, 4.69) is 54.1 Å². The summed E-state index contributed by atoms with van der Waals surface area (Å²) in [4.78, 5) is 0. The number of aromatic hydroxyl groups is 1. The number of nitrogens with zero attached hydrogens (tertiary/aromatic N) is 5. The van der Waals surface area contributed by atoms with E-state index in [4.69, 9.17) is 0 Å². The van der Waals surface area contributed by atoms with E-state index in [1.165, 1.54) is 0 Å². The fourth-order valence-corrected chi connectivity index (χ4v) is 3.98. The van der Waals surface area contributed by atoms with Crippen LogP contribution in [-0.2, 0) is 0 Å². The highest BCUT2D eigenvalue weighted by Crippen LogP contribution is 2.33. The Labute approximate surface area is 162 Å². The van der Waals surface area contributed by atoms with Gasteiger partial charge in [-0.15, -0.1) is 5.10 Å². The molecule has 1 atom stereocenters. The van der Waals surface area contributed by atoms with Gasteiger partial charge in [0.05, 0.1) is 17.3 Å². The highest BCUT2D eigenvalue weighted by atomic mass is 79.9. The fraction of sp³-hybridized carbons (Fsp3) is 0.158. The summed E-state index contributed by atoms with van der Waals surface area (Å²) in [6.07, 6.45) is 0.629. The van der Waals surface area contributed by atoms with Crippen LogP contribution in [0, 0.1) is 6.92 Å². The van der Waals surface area contributed by atoms with Gasteiger partial charge >= 0.3 is 0 Å². The van der Waals surface area contributed by atoms with Crippen molar-refractivity contribution in [1.29, 1.82) is 0 Å². The zero-order valence-electron chi connectivity index (χ0n) is 14.4. The zero-order chi connectivity index (χ0) is 18.5. The van der Waals surface area contributed by atoms with Gasteiger partial charge in [0.1, 0.15) is 5.75 Å². The second kappa shape index (κ2) is 6.02. The minimum atomic E-state index is -0.0724. The minimum Gasteiger partial charge on any atom is -0.507 e. The zero-order valence-corrected chi connectivity index (χ0v) is 16.0. The lowest BCUT2D eigenvalue weighted by Crippen LogP contribution is -2.12. The molecule has 8 heteroatoms. The van der Waals surface area contributed by atoms with Crippen LogP contribution >= 0.6 is 15.9 Å². The predicted octanol–water partition coefficient (Wildman–Crippen LogP) is 3.49. The summed E-state index contributed by atoms with van der Waals surface area (Å²) in [6.45, 7) is 2.05. The maximum atomic E-state index is 10.2. The molecule has 0 radical (unpaired) electrons. The highest BCUT2D eigenvalue weighted by Gasteiger charge is 2.26. The fourth-order valence-electron chi connectivity index (χ4n) is 3.62. The van der Waals surface area contributed by atoms with E-state index >= 15 is 0 Å². The van der Waals surface area contributed by atoms with Crippen molar-refractivity contribution >= 4 is 38.2 Å². The van der Waals surface area contributed by atoms with Crippen molar-refractivity contribution < 1.29 is 5.11 Å². The molecule has 0 spiro atoms. The van der Waals surface area contributed by atoms with Gasteiger partial charge in [-0.3, -0.25) is 0 Å². The Bertz CT molecular complexity index is 1230. The Hall–Kier alpha value is -3.00. The number of benzene rings is 2. The van der Waals surface area contributed by atoms with Crippen molar-refractivity contribution in [3.05, 3.63) is 63.6 Å². The lowest BCUT2D eigenvalue weighted by Gasteiger charge is -2.13. The van der Waals surface area contributed by atoms with Crippen molar-refractivity contribution in [3.8, 4) is 5.75 Å². The van der Waals surface area contributed by atoms with E-state index in [-0.39, 0.29) is 11.8 Å². The summed E-state index contributed by atoms with van der Waals surface area (Å²) in [5.74, 6) is 0.211. The number of para-hydroxylation sites is 1. The quantitative estimate of drug-likeness (QED) is 0.516. The van der Waals surface area contributed by atoms with Gasteiger partial charge in [0.15, 0.2) is 5.65 Å². The Morgan fingerprint density at radius 2 is 2.11 bits per heavy atom. The second-order valence-corrected chi connectivity index (χ2v) is 7.55. The Morgan fingerprint density at radius 1 is 1.22 bits per heavy atom. The molecule has 7 nitrogen and oxygen atoms in total. The first-order chi connectivity index (χ1) is 13.1. The van der Waals surface area contributed by atoms with Crippen LogP contribution in [0.4, 0.5) is 0 Å². The molecule has 27 heavy (non-hydrogen) atoms. The molecule has 134 valence electrons. The van der Waals surface area contributed by atoms with E-state index in [0.29, 0.717) is 17.6 Å². The molecule has 0 fully saturated rings. The van der Waals surface area contributed by atoms with Gasteiger partial charge in [0.25, 0.3) is 0 Å². The third-order valence-electron chi connectivity index (χ3n) is 4.92. The van der Waals surface area contributed by atoms with Crippen molar-refractivity contribution in [2.45, 2.75) is 19.4 Å². The highest BCUT2D eigenvalue weighted by molar-refractivity contribution is 9.10. The number of phenolic OH excluding ortho intramolecular Hbond substituents is 1. The Kier molecular flexibility index (Phi) is 3.61. The van der Waals surface area contributed by atoms with Crippen molar-refractivity contribution in [3.63, 3.8) is 0 Å². The van der Waals surface area contributed by atoms with Gasteiger partial charge in [-0.25, -0.2) is 0 Å². The number of aromatic nitrogens is 4. The summed E-state index contributed by atoms with van der Waals surface area (Å²) in [6, 6.07) is 13.5. The van der Waals surface area contributed by atoms with Crippen molar-refractivity contribution in [1.82, 2.24) is 25.5 Å². The SMILES string of the molecule is Cc1cccc2cc(C3CC(c4cc(Br)ccc4O)=NN3)c3nnnn3c12. The van der Waals surface area contributed by atoms with Gasteiger partial charge < -0.3 is 10.5 Å². The number of nitrogens with one attached hydrogen (secondary N) is 1. The maximum absolute atomic E-state index is 10.2. The molecule has 4 aromatic rings. The topological polar surface area (TPSA) is 87.7 Å². The molecule has 0 amide bonds. The molecule has 1 aliphatic heterocycles. The molecule has 0 saturated carbocycles. The van der Waals surface area contributed by atoms with Crippen LogP contribution < -0.4 is 5.43 Å². The molecule has 0 bridgehead atoms. The molecular formula is C19H15BrN6O. The van der Waals surface area contributed by atoms with Crippen molar-refractivity contribution in [2.75, 3.05) is 0 Å². The number of halogens is 1.